The molecule has 7 rings (SSSR count). The van der Waals surface area contributed by atoms with E-state index in [0.29, 0.717) is 23.7 Å². The number of aliphatic imine (C=N–C) groups is 2. The summed E-state index contributed by atoms with van der Waals surface area (Å²) in [6.07, 6.45) is 15.0. The fourth-order valence-corrected chi connectivity index (χ4v) is 5.89. The third-order valence-electron chi connectivity index (χ3n) is 8.97. The molecule has 0 radical (unpaired) electrons. The van der Waals surface area contributed by atoms with E-state index in [1.807, 2.05) is 36.7 Å². The smallest absolute Gasteiger partial charge is 0.663 e. The zero-order valence-electron chi connectivity index (χ0n) is 34.6. The Bertz CT molecular complexity index is 1360. The quantitative estimate of drug-likeness (QED) is 0.131. The SMILES string of the molecule is C1CCOC1.C1CCOC1.C1CCOC1.CC(C)c1cccc(C(C)C)c1N=Cc1ccc[n-]1.CC(C)c1cccc(C(C)C)c1N=Cc1ccc[n-]1.[Sr+2]. The molecule has 0 spiro atoms. The summed E-state index contributed by atoms with van der Waals surface area (Å²) in [7, 11) is 0. The van der Waals surface area contributed by atoms with Gasteiger partial charge in [0.05, 0.1) is 11.4 Å². The van der Waals surface area contributed by atoms with Crippen LogP contribution < -0.4 is 9.97 Å². The van der Waals surface area contributed by atoms with Gasteiger partial charge in [-0.1, -0.05) is 116 Å². The summed E-state index contributed by atoms with van der Waals surface area (Å²) >= 11 is 0. The number of rotatable bonds is 8. The van der Waals surface area contributed by atoms with Gasteiger partial charge in [0.2, 0.25) is 0 Å². The van der Waals surface area contributed by atoms with Gasteiger partial charge in [0.1, 0.15) is 0 Å². The molecule has 3 aliphatic heterocycles. The third kappa shape index (κ3) is 18.1. The van der Waals surface area contributed by atoms with Crippen molar-refractivity contribution < 1.29 is 14.2 Å². The molecule has 3 saturated heterocycles. The van der Waals surface area contributed by atoms with Crippen LogP contribution in [-0.4, -0.2) is 97.6 Å². The molecule has 0 saturated carbocycles. The van der Waals surface area contributed by atoms with Gasteiger partial charge in [0.25, 0.3) is 0 Å². The molecule has 7 nitrogen and oxygen atoms in total. The summed E-state index contributed by atoms with van der Waals surface area (Å²) in [4.78, 5) is 17.9. The van der Waals surface area contributed by atoms with E-state index < -0.39 is 0 Å². The van der Waals surface area contributed by atoms with Crippen molar-refractivity contribution in [1.82, 2.24) is 9.97 Å². The number of hydrogen-bond donors (Lipinski definition) is 0. The molecule has 0 amide bonds. The minimum absolute atomic E-state index is 0. The van der Waals surface area contributed by atoms with Crippen LogP contribution in [-0.2, 0) is 14.2 Å². The first-order chi connectivity index (χ1) is 25.7. The van der Waals surface area contributed by atoms with E-state index >= 15 is 0 Å². The van der Waals surface area contributed by atoms with Crippen LogP contribution in [0.2, 0.25) is 0 Å². The molecule has 0 bridgehead atoms. The standard InChI is InChI=1S/2C17H21N2.3C4H8O.Sr/c2*1-12(2)15-8-5-9-16(13(3)4)17(15)19-11-14-7-6-10-18-14;3*1-2-4-5-3-1;/h2*5-13H,1-4H3;3*1-4H2;/q2*-1;;;;+2. The molecular formula is C46H66N4O3Sr. The Morgan fingerprint density at radius 2 is 0.722 bits per heavy atom. The maximum absolute atomic E-state index is 4.94. The second kappa shape index (κ2) is 28.1. The van der Waals surface area contributed by atoms with Gasteiger partial charge in [-0.25, -0.2) is 0 Å². The largest absolute Gasteiger partial charge is 2.00 e. The van der Waals surface area contributed by atoms with Crippen molar-refractivity contribution in [3.05, 3.63) is 107 Å². The van der Waals surface area contributed by atoms with E-state index in [2.05, 4.69) is 102 Å². The van der Waals surface area contributed by atoms with Crippen molar-refractivity contribution in [2.75, 3.05) is 39.6 Å². The average molecular weight is 811 g/mol. The molecule has 4 aromatic rings. The van der Waals surface area contributed by atoms with E-state index in [1.54, 1.807) is 12.4 Å². The predicted octanol–water partition coefficient (Wildman–Crippen LogP) is 11.3. The summed E-state index contributed by atoms with van der Waals surface area (Å²) in [5.74, 6) is 1.88. The molecular weight excluding hydrogens is 744 g/mol. The Morgan fingerprint density at radius 1 is 0.444 bits per heavy atom. The van der Waals surface area contributed by atoms with Gasteiger partial charge < -0.3 is 24.2 Å². The van der Waals surface area contributed by atoms with Gasteiger partial charge in [-0.15, -0.1) is 11.4 Å². The third-order valence-corrected chi connectivity index (χ3v) is 8.97. The number of para-hydroxylation sites is 2. The van der Waals surface area contributed by atoms with Gasteiger partial charge >= 0.3 is 45.5 Å². The fraction of sp³-hybridized carbons (Fsp3) is 0.522. The molecule has 54 heavy (non-hydrogen) atoms. The summed E-state index contributed by atoms with van der Waals surface area (Å²) < 4.78 is 14.8. The minimum Gasteiger partial charge on any atom is -0.663 e. The normalized spacial score (nSPS) is 15.0. The fourth-order valence-electron chi connectivity index (χ4n) is 5.89. The maximum Gasteiger partial charge on any atom is 2.00 e. The molecule has 3 fully saturated rings. The van der Waals surface area contributed by atoms with Crippen molar-refractivity contribution in [3.8, 4) is 0 Å². The molecule has 0 aliphatic carbocycles. The Kier molecular flexibility index (Phi) is 24.9. The summed E-state index contributed by atoms with van der Waals surface area (Å²) in [6, 6.07) is 20.7. The zero-order chi connectivity index (χ0) is 38.3. The number of aromatic nitrogens is 2. The topological polar surface area (TPSA) is 80.6 Å². The van der Waals surface area contributed by atoms with E-state index in [4.69, 9.17) is 24.2 Å². The summed E-state index contributed by atoms with van der Waals surface area (Å²) in [5.41, 5.74) is 9.23. The van der Waals surface area contributed by atoms with Crippen molar-refractivity contribution in [2.24, 2.45) is 9.98 Å². The number of benzene rings is 2. The van der Waals surface area contributed by atoms with E-state index in [9.17, 15) is 0 Å². The Labute approximate surface area is 364 Å². The average Bonchev–Trinajstić information content (AvgIpc) is 4.02. The van der Waals surface area contributed by atoms with E-state index in [0.717, 1.165) is 62.4 Å². The maximum atomic E-state index is 4.94. The van der Waals surface area contributed by atoms with Crippen LogP contribution >= 0.6 is 0 Å². The van der Waals surface area contributed by atoms with Crippen LogP contribution in [0.4, 0.5) is 11.4 Å². The van der Waals surface area contributed by atoms with Crippen molar-refractivity contribution in [2.45, 2.75) is 118 Å². The van der Waals surface area contributed by atoms with Crippen LogP contribution in [0, 0.1) is 0 Å². The molecule has 5 heterocycles. The molecule has 8 heteroatoms. The molecule has 0 N–H and O–H groups in total. The number of nitrogens with zero attached hydrogens (tertiary/aromatic N) is 4. The van der Waals surface area contributed by atoms with Crippen LogP contribution in [0.1, 0.15) is 151 Å². The van der Waals surface area contributed by atoms with Gasteiger partial charge in [-0.2, -0.15) is 12.4 Å². The molecule has 3 aliphatic rings. The van der Waals surface area contributed by atoms with Crippen molar-refractivity contribution in [1.29, 1.82) is 0 Å². The van der Waals surface area contributed by atoms with Crippen LogP contribution in [0.15, 0.2) is 83.0 Å². The van der Waals surface area contributed by atoms with Gasteiger partial charge in [-0.3, -0.25) is 9.98 Å². The second-order valence-corrected chi connectivity index (χ2v) is 14.8. The first kappa shape index (κ1) is 47.9. The first-order valence-corrected chi connectivity index (χ1v) is 19.9. The van der Waals surface area contributed by atoms with Gasteiger partial charge in [0, 0.05) is 52.1 Å². The first-order valence-electron chi connectivity index (χ1n) is 19.9. The molecule has 290 valence electrons. The Morgan fingerprint density at radius 3 is 0.907 bits per heavy atom. The van der Waals surface area contributed by atoms with Crippen LogP contribution in [0.5, 0.6) is 0 Å². The van der Waals surface area contributed by atoms with Crippen LogP contribution in [0.25, 0.3) is 0 Å². The zero-order valence-corrected chi connectivity index (χ0v) is 38.1. The molecule has 0 unspecified atom stereocenters. The van der Waals surface area contributed by atoms with Gasteiger partial charge in [0.15, 0.2) is 0 Å². The number of ether oxygens (including phenoxy) is 3. The Balaban J connectivity index is 0.000000266. The van der Waals surface area contributed by atoms with Crippen molar-refractivity contribution in [3.63, 3.8) is 0 Å². The Hall–Kier alpha value is -2.30. The van der Waals surface area contributed by atoms with Gasteiger partial charge in [-0.05, 0) is 84.5 Å². The summed E-state index contributed by atoms with van der Waals surface area (Å²) in [6.45, 7) is 23.7. The minimum atomic E-state index is 0. The summed E-state index contributed by atoms with van der Waals surface area (Å²) in [5, 5.41) is 0. The second-order valence-electron chi connectivity index (χ2n) is 14.8. The molecule has 0 atom stereocenters. The predicted molar refractivity (Wildman–Crippen MR) is 229 cm³/mol. The van der Waals surface area contributed by atoms with Crippen LogP contribution in [0.3, 0.4) is 0 Å². The number of hydrogen-bond acceptors (Lipinski definition) is 5. The van der Waals surface area contributed by atoms with E-state index in [-0.39, 0.29) is 45.5 Å². The van der Waals surface area contributed by atoms with Crippen molar-refractivity contribution >= 4 is 69.3 Å². The van der Waals surface area contributed by atoms with E-state index in [1.165, 1.54) is 60.8 Å². The molecule has 2 aromatic carbocycles. The monoisotopic (exact) mass is 810 g/mol. The molecule has 2 aromatic heterocycles.